The molecule has 0 saturated carbocycles. The first kappa shape index (κ1) is 17.7. The lowest BCUT2D eigenvalue weighted by Gasteiger charge is -2.10. The molecule has 0 radical (unpaired) electrons. The minimum Gasteiger partial charge on any atom is -0.348 e. The van der Waals surface area contributed by atoms with Crippen LogP contribution in [0, 0.1) is 20.8 Å². The Morgan fingerprint density at radius 2 is 1.73 bits per heavy atom. The molecule has 0 unspecified atom stereocenters. The van der Waals surface area contributed by atoms with Gasteiger partial charge in [-0.1, -0.05) is 36.4 Å². The van der Waals surface area contributed by atoms with Gasteiger partial charge in [0.15, 0.2) is 0 Å². The molecule has 1 heterocycles. The molecule has 0 aliphatic rings. The van der Waals surface area contributed by atoms with Gasteiger partial charge in [-0.2, -0.15) is 0 Å². The molecule has 3 aromatic rings. The van der Waals surface area contributed by atoms with Crippen molar-refractivity contribution in [1.29, 1.82) is 0 Å². The minimum atomic E-state index is -0.195. The van der Waals surface area contributed by atoms with E-state index in [1.165, 1.54) is 0 Å². The van der Waals surface area contributed by atoms with Crippen LogP contribution < -0.4 is 10.9 Å². The van der Waals surface area contributed by atoms with Crippen LogP contribution in [0.25, 0.3) is 11.1 Å². The average Bonchev–Trinajstić information content (AvgIpc) is 2.61. The second kappa shape index (κ2) is 7.40. The number of carbonyl (C=O) groups is 1. The first-order chi connectivity index (χ1) is 12.5. The van der Waals surface area contributed by atoms with E-state index in [-0.39, 0.29) is 18.0 Å². The summed E-state index contributed by atoms with van der Waals surface area (Å²) >= 11 is 0. The third-order valence-corrected chi connectivity index (χ3v) is 4.50. The molecule has 1 amide bonds. The van der Waals surface area contributed by atoms with Crippen LogP contribution >= 0.6 is 0 Å². The van der Waals surface area contributed by atoms with Crippen LogP contribution in [-0.4, -0.2) is 10.9 Å². The van der Waals surface area contributed by atoms with Crippen molar-refractivity contribution in [2.75, 3.05) is 0 Å². The van der Waals surface area contributed by atoms with E-state index in [9.17, 15) is 9.59 Å². The highest BCUT2D eigenvalue weighted by molar-refractivity contribution is 5.95. The lowest BCUT2D eigenvalue weighted by molar-refractivity contribution is 0.0951. The number of nitrogens with one attached hydrogen (secondary N) is 2. The molecule has 0 fully saturated rings. The highest BCUT2D eigenvalue weighted by atomic mass is 16.1. The largest absolute Gasteiger partial charge is 0.348 e. The molecule has 0 atom stereocenters. The monoisotopic (exact) mass is 346 g/mol. The quantitative estimate of drug-likeness (QED) is 0.753. The van der Waals surface area contributed by atoms with E-state index in [0.717, 1.165) is 27.9 Å². The van der Waals surface area contributed by atoms with Crippen molar-refractivity contribution in [2.24, 2.45) is 0 Å². The number of benzene rings is 2. The smallest absolute Gasteiger partial charge is 0.253 e. The molecule has 0 bridgehead atoms. The first-order valence-corrected chi connectivity index (χ1v) is 8.59. The Balaban J connectivity index is 1.80. The number of aromatic nitrogens is 1. The number of rotatable bonds is 4. The molecule has 26 heavy (non-hydrogen) atoms. The van der Waals surface area contributed by atoms with Gasteiger partial charge in [-0.05, 0) is 61.2 Å². The summed E-state index contributed by atoms with van der Waals surface area (Å²) in [5, 5.41) is 2.85. The van der Waals surface area contributed by atoms with E-state index in [2.05, 4.69) is 23.3 Å². The van der Waals surface area contributed by atoms with Gasteiger partial charge in [0.05, 0.1) is 0 Å². The Morgan fingerprint density at radius 1 is 0.962 bits per heavy atom. The van der Waals surface area contributed by atoms with Crippen LogP contribution in [0.4, 0.5) is 0 Å². The molecule has 2 aromatic carbocycles. The Kier molecular flexibility index (Phi) is 5.03. The molecule has 0 saturated heterocycles. The van der Waals surface area contributed by atoms with Crippen LogP contribution in [0.3, 0.4) is 0 Å². The first-order valence-electron chi connectivity index (χ1n) is 8.59. The Bertz CT molecular complexity index is 1020. The summed E-state index contributed by atoms with van der Waals surface area (Å²) in [5.74, 6) is -0.195. The number of carbonyl (C=O) groups excluding carboxylic acids is 1. The maximum atomic E-state index is 12.6. The van der Waals surface area contributed by atoms with Gasteiger partial charge >= 0.3 is 0 Å². The number of hydrogen-bond donors (Lipinski definition) is 2. The summed E-state index contributed by atoms with van der Waals surface area (Å²) in [6.45, 7) is 5.97. The third-order valence-electron chi connectivity index (χ3n) is 4.50. The van der Waals surface area contributed by atoms with E-state index in [1.807, 2.05) is 56.3 Å². The van der Waals surface area contributed by atoms with Gasteiger partial charge in [-0.3, -0.25) is 9.59 Å². The number of amides is 1. The number of hydrogen-bond acceptors (Lipinski definition) is 2. The number of H-pyrrole nitrogens is 1. The second-order valence-corrected chi connectivity index (χ2v) is 6.52. The van der Waals surface area contributed by atoms with Gasteiger partial charge < -0.3 is 10.3 Å². The highest BCUT2D eigenvalue weighted by Gasteiger charge is 2.11. The topological polar surface area (TPSA) is 62.0 Å². The van der Waals surface area contributed by atoms with Crippen LogP contribution in [-0.2, 0) is 6.54 Å². The van der Waals surface area contributed by atoms with Crippen molar-refractivity contribution in [2.45, 2.75) is 27.3 Å². The molecule has 1 aromatic heterocycles. The van der Waals surface area contributed by atoms with Gasteiger partial charge in [0, 0.05) is 23.4 Å². The Hall–Kier alpha value is -3.14. The van der Waals surface area contributed by atoms with E-state index >= 15 is 0 Å². The predicted molar refractivity (Wildman–Crippen MR) is 104 cm³/mol. The molecule has 2 N–H and O–H groups in total. The fraction of sp³-hybridized carbons (Fsp3) is 0.182. The second-order valence-electron chi connectivity index (χ2n) is 6.52. The lowest BCUT2D eigenvalue weighted by atomic mass is 9.99. The standard InChI is InChI=1S/C22H22N2O2/c1-14-7-4-5-10-19(14)17-8-6-9-18(12-17)21(25)23-13-20-15(2)11-16(3)24-22(20)26/h4-12H,13H2,1-3H3,(H,23,25)(H,24,26). The fourth-order valence-electron chi connectivity index (χ4n) is 3.10. The summed E-state index contributed by atoms with van der Waals surface area (Å²) in [6, 6.07) is 17.5. The Morgan fingerprint density at radius 3 is 2.46 bits per heavy atom. The van der Waals surface area contributed by atoms with E-state index < -0.39 is 0 Å². The van der Waals surface area contributed by atoms with Gasteiger partial charge in [0.1, 0.15) is 0 Å². The fourth-order valence-corrected chi connectivity index (χ4v) is 3.10. The summed E-state index contributed by atoms with van der Waals surface area (Å²) in [5.41, 5.74) is 5.95. The maximum absolute atomic E-state index is 12.6. The van der Waals surface area contributed by atoms with Crippen molar-refractivity contribution in [3.63, 3.8) is 0 Å². The molecule has 4 nitrogen and oxygen atoms in total. The summed E-state index contributed by atoms with van der Waals surface area (Å²) < 4.78 is 0. The van der Waals surface area contributed by atoms with Crippen LogP contribution in [0.1, 0.15) is 32.7 Å². The van der Waals surface area contributed by atoms with Crippen molar-refractivity contribution in [3.05, 3.63) is 92.9 Å². The molecule has 0 aliphatic carbocycles. The maximum Gasteiger partial charge on any atom is 0.253 e. The zero-order valence-electron chi connectivity index (χ0n) is 15.2. The van der Waals surface area contributed by atoms with Crippen LogP contribution in [0.15, 0.2) is 59.4 Å². The van der Waals surface area contributed by atoms with Crippen molar-refractivity contribution >= 4 is 5.91 Å². The SMILES string of the molecule is Cc1cc(C)c(CNC(=O)c2cccc(-c3ccccc3C)c2)c(=O)[nH]1. The zero-order chi connectivity index (χ0) is 18.7. The van der Waals surface area contributed by atoms with E-state index in [0.29, 0.717) is 11.1 Å². The molecule has 3 rings (SSSR count). The normalized spacial score (nSPS) is 10.6. The highest BCUT2D eigenvalue weighted by Crippen LogP contribution is 2.23. The molecule has 0 aliphatic heterocycles. The molecule has 0 spiro atoms. The third kappa shape index (κ3) is 3.75. The van der Waals surface area contributed by atoms with Crippen LogP contribution in [0.5, 0.6) is 0 Å². The number of pyridine rings is 1. The summed E-state index contributed by atoms with van der Waals surface area (Å²) in [7, 11) is 0. The van der Waals surface area contributed by atoms with Gasteiger partial charge in [0.25, 0.3) is 11.5 Å². The van der Waals surface area contributed by atoms with Gasteiger partial charge in [-0.15, -0.1) is 0 Å². The minimum absolute atomic E-state index is 0.156. The van der Waals surface area contributed by atoms with E-state index in [4.69, 9.17) is 0 Å². The number of aromatic amines is 1. The van der Waals surface area contributed by atoms with Crippen LogP contribution in [0.2, 0.25) is 0 Å². The molecule has 132 valence electrons. The molecule has 4 heteroatoms. The Labute approximate surface area is 152 Å². The predicted octanol–water partition coefficient (Wildman–Crippen LogP) is 3.90. The summed E-state index contributed by atoms with van der Waals surface area (Å²) in [4.78, 5) is 27.4. The average molecular weight is 346 g/mol. The lowest BCUT2D eigenvalue weighted by Crippen LogP contribution is -2.27. The zero-order valence-corrected chi connectivity index (χ0v) is 15.2. The van der Waals surface area contributed by atoms with Gasteiger partial charge in [0.2, 0.25) is 0 Å². The van der Waals surface area contributed by atoms with Crippen molar-refractivity contribution < 1.29 is 4.79 Å². The molecular weight excluding hydrogens is 324 g/mol. The molecular formula is C22H22N2O2. The number of aryl methyl sites for hydroxylation is 3. The van der Waals surface area contributed by atoms with Gasteiger partial charge in [-0.25, -0.2) is 0 Å². The van der Waals surface area contributed by atoms with Crippen molar-refractivity contribution in [3.8, 4) is 11.1 Å². The van der Waals surface area contributed by atoms with E-state index in [1.54, 1.807) is 6.07 Å². The van der Waals surface area contributed by atoms with Crippen molar-refractivity contribution in [1.82, 2.24) is 10.3 Å². The summed E-state index contributed by atoms with van der Waals surface area (Å²) in [6.07, 6.45) is 0.